The van der Waals surface area contributed by atoms with Crippen molar-refractivity contribution in [3.8, 4) is 0 Å². The van der Waals surface area contributed by atoms with Crippen molar-refractivity contribution >= 4 is 17.7 Å². The molecule has 2 aliphatic heterocycles. The van der Waals surface area contributed by atoms with Gasteiger partial charge in [-0.15, -0.1) is 11.8 Å². The minimum atomic E-state index is -0.0305. The Bertz CT molecular complexity index is 805. The Morgan fingerprint density at radius 1 is 1.27 bits per heavy atom. The molecule has 2 saturated heterocycles. The highest BCUT2D eigenvalue weighted by Gasteiger charge is 2.51. The van der Waals surface area contributed by atoms with Crippen LogP contribution in [0.25, 0.3) is 0 Å². The van der Waals surface area contributed by atoms with Crippen molar-refractivity contribution in [3.05, 3.63) is 53.4 Å². The van der Waals surface area contributed by atoms with Gasteiger partial charge in [-0.25, -0.2) is 4.98 Å². The lowest BCUT2D eigenvalue weighted by Gasteiger charge is -2.47. The predicted molar refractivity (Wildman–Crippen MR) is 100 cm³/mol. The number of aryl methyl sites for hydroxylation is 2. The molecule has 4 rings (SSSR count). The van der Waals surface area contributed by atoms with Gasteiger partial charge in [0.15, 0.2) is 0 Å². The molecule has 2 aromatic rings. The molecule has 6 nitrogen and oxygen atoms in total. The van der Waals surface area contributed by atoms with Crippen LogP contribution in [0.15, 0.2) is 30.6 Å². The van der Waals surface area contributed by atoms with Gasteiger partial charge in [0.25, 0.3) is 5.91 Å². The van der Waals surface area contributed by atoms with Crippen molar-refractivity contribution in [1.82, 2.24) is 19.9 Å². The van der Waals surface area contributed by atoms with Crippen LogP contribution in [-0.2, 0) is 11.3 Å². The Balaban J connectivity index is 1.28. The molecule has 0 bridgehead atoms. The van der Waals surface area contributed by atoms with Gasteiger partial charge in [0, 0.05) is 30.7 Å². The molecule has 0 radical (unpaired) electrons. The molecule has 2 aromatic heterocycles. The average Bonchev–Trinajstić information content (AvgIpc) is 3.04. The topological polar surface area (TPSA) is 68.2 Å². The van der Waals surface area contributed by atoms with Crippen molar-refractivity contribution in [2.75, 3.05) is 18.8 Å². The van der Waals surface area contributed by atoms with Gasteiger partial charge >= 0.3 is 0 Å². The minimum Gasteiger partial charge on any atom is -0.371 e. The van der Waals surface area contributed by atoms with Crippen molar-refractivity contribution in [1.29, 1.82) is 0 Å². The molecule has 2 aliphatic rings. The van der Waals surface area contributed by atoms with E-state index in [2.05, 4.69) is 15.0 Å². The van der Waals surface area contributed by atoms with Crippen LogP contribution in [-0.4, -0.2) is 55.5 Å². The number of rotatable bonds is 4. The van der Waals surface area contributed by atoms with E-state index in [0.29, 0.717) is 12.3 Å². The van der Waals surface area contributed by atoms with E-state index < -0.39 is 0 Å². The fourth-order valence-corrected chi connectivity index (χ4v) is 5.02. The Kier molecular flexibility index (Phi) is 4.67. The average molecular weight is 370 g/mol. The number of amides is 1. The van der Waals surface area contributed by atoms with Crippen LogP contribution >= 0.6 is 11.8 Å². The summed E-state index contributed by atoms with van der Waals surface area (Å²) >= 11 is 1.92. The molecule has 0 aliphatic carbocycles. The first kappa shape index (κ1) is 17.4. The molecule has 7 heteroatoms. The summed E-state index contributed by atoms with van der Waals surface area (Å²) in [5, 5.41) is 0. The van der Waals surface area contributed by atoms with Gasteiger partial charge in [0.2, 0.25) is 0 Å². The molecule has 26 heavy (non-hydrogen) atoms. The van der Waals surface area contributed by atoms with Crippen molar-refractivity contribution in [3.63, 3.8) is 0 Å². The number of hydrogen-bond donors (Lipinski definition) is 0. The molecule has 0 unspecified atom stereocenters. The number of ether oxygens (including phenoxy) is 1. The zero-order valence-electron chi connectivity index (χ0n) is 15.0. The Morgan fingerprint density at radius 3 is 2.85 bits per heavy atom. The van der Waals surface area contributed by atoms with E-state index in [1.165, 1.54) is 0 Å². The standard InChI is InChI=1S/C19H22N4O2S/c1-13-4-3-5-15(22-13)9-25-16-6-19(26-10-16)11-23(12-19)18(24)17-8-20-14(2)7-21-17/h3-5,7-8,16H,6,9-12H2,1-2H3/t16-/m0/s1. The maximum atomic E-state index is 12.5. The highest BCUT2D eigenvalue weighted by molar-refractivity contribution is 8.01. The summed E-state index contributed by atoms with van der Waals surface area (Å²) < 4.78 is 6.20. The third-order valence-electron chi connectivity index (χ3n) is 4.83. The summed E-state index contributed by atoms with van der Waals surface area (Å²) in [5.74, 6) is 0.940. The van der Waals surface area contributed by atoms with Crippen LogP contribution in [0, 0.1) is 13.8 Å². The third kappa shape index (κ3) is 3.59. The number of aromatic nitrogens is 3. The maximum absolute atomic E-state index is 12.5. The molecule has 1 amide bonds. The van der Waals surface area contributed by atoms with Gasteiger partial charge in [-0.3, -0.25) is 14.8 Å². The summed E-state index contributed by atoms with van der Waals surface area (Å²) in [6.45, 7) is 5.91. The second kappa shape index (κ2) is 6.96. The Labute approximate surface area is 157 Å². The normalized spacial score (nSPS) is 21.0. The Morgan fingerprint density at radius 2 is 2.12 bits per heavy atom. The number of pyridine rings is 1. The lowest BCUT2D eigenvalue weighted by molar-refractivity contribution is 0.0242. The summed E-state index contributed by atoms with van der Waals surface area (Å²) in [6.07, 6.45) is 4.40. The first-order valence-corrected chi connectivity index (χ1v) is 9.78. The van der Waals surface area contributed by atoms with E-state index in [4.69, 9.17) is 4.74 Å². The second-order valence-electron chi connectivity index (χ2n) is 7.11. The lowest BCUT2D eigenvalue weighted by Crippen LogP contribution is -2.60. The molecule has 136 valence electrons. The van der Waals surface area contributed by atoms with Gasteiger partial charge < -0.3 is 9.64 Å². The van der Waals surface area contributed by atoms with E-state index >= 15 is 0 Å². The van der Waals surface area contributed by atoms with Gasteiger partial charge in [0.1, 0.15) is 5.69 Å². The first-order chi connectivity index (χ1) is 12.5. The van der Waals surface area contributed by atoms with Gasteiger partial charge in [0.05, 0.1) is 35.0 Å². The van der Waals surface area contributed by atoms with Gasteiger partial charge in [-0.05, 0) is 32.4 Å². The summed E-state index contributed by atoms with van der Waals surface area (Å²) in [7, 11) is 0. The highest BCUT2D eigenvalue weighted by Crippen LogP contribution is 2.46. The van der Waals surface area contributed by atoms with E-state index in [1.54, 1.807) is 12.4 Å². The fourth-order valence-electron chi connectivity index (χ4n) is 3.47. The zero-order valence-corrected chi connectivity index (χ0v) is 15.8. The SMILES string of the molecule is Cc1cnc(C(=O)N2CC3(C[C@H](OCc4cccc(C)n4)CS3)C2)cn1. The van der Waals surface area contributed by atoms with Crippen molar-refractivity contribution in [2.45, 2.75) is 37.7 Å². The lowest BCUT2D eigenvalue weighted by atomic mass is 9.92. The monoisotopic (exact) mass is 370 g/mol. The highest BCUT2D eigenvalue weighted by atomic mass is 32.2. The maximum Gasteiger partial charge on any atom is 0.274 e. The number of carbonyl (C=O) groups is 1. The Hall–Kier alpha value is -1.99. The zero-order chi connectivity index (χ0) is 18.1. The molecule has 1 spiro atoms. The summed E-state index contributed by atoms with van der Waals surface area (Å²) in [4.78, 5) is 27.2. The smallest absolute Gasteiger partial charge is 0.274 e. The largest absolute Gasteiger partial charge is 0.371 e. The van der Waals surface area contributed by atoms with Crippen LogP contribution in [0.1, 0.15) is 34.0 Å². The van der Waals surface area contributed by atoms with Crippen LogP contribution in [0.5, 0.6) is 0 Å². The van der Waals surface area contributed by atoms with Crippen LogP contribution < -0.4 is 0 Å². The molecular formula is C19H22N4O2S. The fraction of sp³-hybridized carbons (Fsp3) is 0.474. The molecular weight excluding hydrogens is 348 g/mol. The number of hydrogen-bond acceptors (Lipinski definition) is 6. The number of thioether (sulfide) groups is 1. The number of likely N-dealkylation sites (tertiary alicyclic amines) is 1. The van der Waals surface area contributed by atoms with E-state index in [9.17, 15) is 4.79 Å². The molecule has 4 heterocycles. The van der Waals surface area contributed by atoms with Crippen LogP contribution in [0.3, 0.4) is 0 Å². The van der Waals surface area contributed by atoms with Gasteiger partial charge in [-0.2, -0.15) is 0 Å². The van der Waals surface area contributed by atoms with Gasteiger partial charge in [-0.1, -0.05) is 6.07 Å². The van der Waals surface area contributed by atoms with Crippen molar-refractivity contribution < 1.29 is 9.53 Å². The molecule has 1 atom stereocenters. The van der Waals surface area contributed by atoms with E-state index in [-0.39, 0.29) is 16.8 Å². The van der Waals surface area contributed by atoms with Crippen LogP contribution in [0.2, 0.25) is 0 Å². The number of nitrogens with zero attached hydrogens (tertiary/aromatic N) is 4. The predicted octanol–water partition coefficient (Wildman–Crippen LogP) is 2.41. The number of carbonyl (C=O) groups excluding carboxylic acids is 1. The summed E-state index contributed by atoms with van der Waals surface area (Å²) in [5.41, 5.74) is 3.22. The van der Waals surface area contributed by atoms with Crippen molar-refractivity contribution in [2.24, 2.45) is 0 Å². The van der Waals surface area contributed by atoms with E-state index in [1.807, 2.05) is 48.7 Å². The second-order valence-corrected chi connectivity index (χ2v) is 8.59. The first-order valence-electron chi connectivity index (χ1n) is 8.79. The molecule has 0 N–H and O–H groups in total. The minimum absolute atomic E-state index is 0.0305. The molecule has 2 fully saturated rings. The third-order valence-corrected chi connectivity index (χ3v) is 6.41. The quantitative estimate of drug-likeness (QED) is 0.823. The van der Waals surface area contributed by atoms with E-state index in [0.717, 1.165) is 42.3 Å². The summed E-state index contributed by atoms with van der Waals surface area (Å²) in [6, 6.07) is 5.99. The molecule has 0 saturated carbocycles. The van der Waals surface area contributed by atoms with Crippen LogP contribution in [0.4, 0.5) is 0 Å². The molecule has 0 aromatic carbocycles.